The van der Waals surface area contributed by atoms with Gasteiger partial charge in [0.1, 0.15) is 0 Å². The fraction of sp³-hybridized carbons (Fsp3) is 0.538. The van der Waals surface area contributed by atoms with E-state index in [1.165, 1.54) is 17.1 Å². The molecule has 0 spiro atoms. The molecule has 0 saturated carbocycles. The van der Waals surface area contributed by atoms with Crippen molar-refractivity contribution < 1.29 is 9.47 Å². The van der Waals surface area contributed by atoms with Gasteiger partial charge < -0.3 is 14.8 Å². The molecule has 1 unspecified atom stereocenters. The smallest absolute Gasteiger partial charge is 0.160 e. The Balaban J connectivity index is 2.05. The molecule has 3 nitrogen and oxygen atoms in total. The summed E-state index contributed by atoms with van der Waals surface area (Å²) in [7, 11) is 3.34. The van der Waals surface area contributed by atoms with Crippen molar-refractivity contribution >= 4 is 11.8 Å². The molecular formula is C13H19NO2S. The quantitative estimate of drug-likeness (QED) is 0.888. The Bertz CT molecular complexity index is 364. The third-order valence-corrected chi connectivity index (χ3v) is 4.06. The van der Waals surface area contributed by atoms with E-state index in [4.69, 9.17) is 9.47 Å². The number of methoxy groups -OCH3 is 2. The van der Waals surface area contributed by atoms with E-state index >= 15 is 0 Å². The van der Waals surface area contributed by atoms with E-state index < -0.39 is 0 Å². The van der Waals surface area contributed by atoms with Gasteiger partial charge in [0.05, 0.1) is 14.2 Å². The van der Waals surface area contributed by atoms with Crippen molar-refractivity contribution in [3.05, 3.63) is 23.8 Å². The summed E-state index contributed by atoms with van der Waals surface area (Å²) in [5, 5.41) is 3.54. The van der Waals surface area contributed by atoms with Gasteiger partial charge in [0.2, 0.25) is 0 Å². The Morgan fingerprint density at radius 2 is 2.12 bits per heavy atom. The maximum absolute atomic E-state index is 5.32. The first-order valence-corrected chi connectivity index (χ1v) is 7.01. The number of benzene rings is 1. The highest BCUT2D eigenvalue weighted by atomic mass is 32.2. The highest BCUT2D eigenvalue weighted by molar-refractivity contribution is 7.99. The van der Waals surface area contributed by atoms with Crippen LogP contribution in [0.25, 0.3) is 0 Å². The van der Waals surface area contributed by atoms with Crippen LogP contribution in [-0.2, 0) is 6.42 Å². The number of thioether (sulfide) groups is 1. The van der Waals surface area contributed by atoms with Crippen molar-refractivity contribution in [1.82, 2.24) is 5.32 Å². The number of rotatable bonds is 4. The van der Waals surface area contributed by atoms with Crippen LogP contribution < -0.4 is 14.8 Å². The Kier molecular flexibility index (Phi) is 4.57. The van der Waals surface area contributed by atoms with Crippen LogP contribution in [-0.4, -0.2) is 38.3 Å². The van der Waals surface area contributed by atoms with E-state index in [-0.39, 0.29) is 0 Å². The van der Waals surface area contributed by atoms with Gasteiger partial charge in [0, 0.05) is 24.1 Å². The van der Waals surface area contributed by atoms with E-state index in [1.807, 2.05) is 17.8 Å². The molecule has 0 radical (unpaired) electrons. The highest BCUT2D eigenvalue weighted by Gasteiger charge is 2.14. The van der Waals surface area contributed by atoms with Gasteiger partial charge in [-0.15, -0.1) is 0 Å². The molecule has 17 heavy (non-hydrogen) atoms. The zero-order valence-electron chi connectivity index (χ0n) is 10.4. The summed E-state index contributed by atoms with van der Waals surface area (Å²) in [6.07, 6.45) is 1.05. The van der Waals surface area contributed by atoms with E-state index in [0.717, 1.165) is 24.5 Å². The van der Waals surface area contributed by atoms with Crippen molar-refractivity contribution in [1.29, 1.82) is 0 Å². The van der Waals surface area contributed by atoms with Gasteiger partial charge in [-0.25, -0.2) is 0 Å². The molecule has 4 heteroatoms. The van der Waals surface area contributed by atoms with Crippen LogP contribution in [0.2, 0.25) is 0 Å². The van der Waals surface area contributed by atoms with Crippen LogP contribution in [0, 0.1) is 0 Å². The first-order chi connectivity index (χ1) is 8.33. The maximum atomic E-state index is 5.32. The fourth-order valence-corrected chi connectivity index (χ4v) is 2.99. The molecule has 1 atom stereocenters. The molecule has 0 amide bonds. The summed E-state index contributed by atoms with van der Waals surface area (Å²) in [6.45, 7) is 1.11. The van der Waals surface area contributed by atoms with Gasteiger partial charge in [0.25, 0.3) is 0 Å². The van der Waals surface area contributed by atoms with Gasteiger partial charge in [-0.1, -0.05) is 6.07 Å². The van der Waals surface area contributed by atoms with Crippen LogP contribution in [0.15, 0.2) is 18.2 Å². The summed E-state index contributed by atoms with van der Waals surface area (Å²) < 4.78 is 10.6. The first kappa shape index (κ1) is 12.6. The second kappa shape index (κ2) is 6.17. The third-order valence-electron chi connectivity index (χ3n) is 2.93. The molecule has 0 bridgehead atoms. The second-order valence-corrected chi connectivity index (χ2v) is 5.27. The lowest BCUT2D eigenvalue weighted by Gasteiger charge is -2.23. The molecule has 1 saturated heterocycles. The highest BCUT2D eigenvalue weighted by Crippen LogP contribution is 2.28. The number of hydrogen-bond donors (Lipinski definition) is 1. The minimum atomic E-state index is 0.576. The molecular weight excluding hydrogens is 234 g/mol. The largest absolute Gasteiger partial charge is 0.493 e. The summed E-state index contributed by atoms with van der Waals surface area (Å²) in [4.78, 5) is 0. The molecule has 1 heterocycles. The molecule has 1 fully saturated rings. The fourth-order valence-electron chi connectivity index (χ4n) is 2.04. The molecule has 2 rings (SSSR count). The lowest BCUT2D eigenvalue weighted by Crippen LogP contribution is -2.38. The summed E-state index contributed by atoms with van der Waals surface area (Å²) >= 11 is 2.02. The lowest BCUT2D eigenvalue weighted by molar-refractivity contribution is 0.354. The van der Waals surface area contributed by atoms with E-state index in [0.29, 0.717) is 6.04 Å². The van der Waals surface area contributed by atoms with Crippen LogP contribution in [0.1, 0.15) is 5.56 Å². The molecule has 0 aromatic heterocycles. The SMILES string of the molecule is COc1ccc(CC2CSCCN2)cc1OC. The van der Waals surface area contributed by atoms with Crippen molar-refractivity contribution in [2.75, 3.05) is 32.3 Å². The van der Waals surface area contributed by atoms with Crippen molar-refractivity contribution in [3.63, 3.8) is 0 Å². The van der Waals surface area contributed by atoms with Gasteiger partial charge in [-0.05, 0) is 24.1 Å². The maximum Gasteiger partial charge on any atom is 0.160 e. The number of nitrogens with one attached hydrogen (secondary N) is 1. The van der Waals surface area contributed by atoms with E-state index in [1.54, 1.807) is 14.2 Å². The molecule has 1 aromatic rings. The Labute approximate surface area is 107 Å². The van der Waals surface area contributed by atoms with Crippen LogP contribution in [0.4, 0.5) is 0 Å². The Hall–Kier alpha value is -0.870. The number of hydrogen-bond acceptors (Lipinski definition) is 4. The molecule has 1 N–H and O–H groups in total. The molecule has 0 aliphatic carbocycles. The van der Waals surface area contributed by atoms with Gasteiger partial charge in [-0.2, -0.15) is 11.8 Å². The Morgan fingerprint density at radius 1 is 1.29 bits per heavy atom. The van der Waals surface area contributed by atoms with E-state index in [9.17, 15) is 0 Å². The predicted molar refractivity (Wildman–Crippen MR) is 72.4 cm³/mol. The molecule has 1 aromatic carbocycles. The number of ether oxygens (including phenoxy) is 2. The zero-order valence-corrected chi connectivity index (χ0v) is 11.2. The van der Waals surface area contributed by atoms with Gasteiger partial charge in [0.15, 0.2) is 11.5 Å². The zero-order chi connectivity index (χ0) is 12.1. The summed E-state index contributed by atoms with van der Waals surface area (Å²) in [6, 6.07) is 6.73. The average molecular weight is 253 g/mol. The first-order valence-electron chi connectivity index (χ1n) is 5.85. The topological polar surface area (TPSA) is 30.5 Å². The van der Waals surface area contributed by atoms with Crippen LogP contribution in [0.3, 0.4) is 0 Å². The second-order valence-electron chi connectivity index (χ2n) is 4.12. The average Bonchev–Trinajstić information content (AvgIpc) is 2.40. The van der Waals surface area contributed by atoms with Crippen LogP contribution in [0.5, 0.6) is 11.5 Å². The van der Waals surface area contributed by atoms with E-state index in [2.05, 4.69) is 17.4 Å². The minimum Gasteiger partial charge on any atom is -0.493 e. The molecule has 94 valence electrons. The molecule has 1 aliphatic rings. The van der Waals surface area contributed by atoms with Crippen molar-refractivity contribution in [2.45, 2.75) is 12.5 Å². The minimum absolute atomic E-state index is 0.576. The summed E-state index contributed by atoms with van der Waals surface area (Å²) in [5.74, 6) is 4.02. The van der Waals surface area contributed by atoms with Gasteiger partial charge in [-0.3, -0.25) is 0 Å². The normalized spacial score (nSPS) is 20.0. The van der Waals surface area contributed by atoms with Gasteiger partial charge >= 0.3 is 0 Å². The lowest BCUT2D eigenvalue weighted by atomic mass is 10.1. The monoisotopic (exact) mass is 253 g/mol. The molecule has 1 aliphatic heterocycles. The van der Waals surface area contributed by atoms with Crippen molar-refractivity contribution in [3.8, 4) is 11.5 Å². The van der Waals surface area contributed by atoms with Crippen LogP contribution >= 0.6 is 11.8 Å². The third kappa shape index (κ3) is 3.30. The Morgan fingerprint density at radius 3 is 2.76 bits per heavy atom. The standard InChI is InChI=1S/C13H19NO2S/c1-15-12-4-3-10(8-13(12)16-2)7-11-9-17-6-5-14-11/h3-4,8,11,14H,5-7,9H2,1-2H3. The predicted octanol–water partition coefficient (Wildman–Crippen LogP) is 1.95. The summed E-state index contributed by atoms with van der Waals surface area (Å²) in [5.41, 5.74) is 1.29. The van der Waals surface area contributed by atoms with Crippen molar-refractivity contribution in [2.24, 2.45) is 0 Å².